The van der Waals surface area contributed by atoms with E-state index in [0.717, 1.165) is 16.7 Å². The van der Waals surface area contributed by atoms with Gasteiger partial charge in [-0.1, -0.05) is 96.1 Å². The maximum atomic E-state index is 12.5. The van der Waals surface area contributed by atoms with E-state index in [2.05, 4.69) is 10.0 Å². The summed E-state index contributed by atoms with van der Waals surface area (Å²) in [5, 5.41) is 3.38. The van der Waals surface area contributed by atoms with E-state index >= 15 is 0 Å². The molecule has 0 radical (unpaired) electrons. The zero-order valence-electron chi connectivity index (χ0n) is 19.8. The molecule has 8 nitrogen and oxygen atoms in total. The van der Waals surface area contributed by atoms with Crippen molar-refractivity contribution in [1.82, 2.24) is 0 Å². The van der Waals surface area contributed by atoms with Crippen molar-refractivity contribution in [1.29, 1.82) is 0 Å². The molecule has 1 saturated heterocycles. The van der Waals surface area contributed by atoms with E-state index in [1.807, 2.05) is 91.0 Å². The minimum absolute atomic E-state index is 0.0978. The van der Waals surface area contributed by atoms with E-state index in [-0.39, 0.29) is 25.3 Å². The monoisotopic (exact) mass is 507 g/mol. The van der Waals surface area contributed by atoms with Gasteiger partial charge in [0, 0.05) is 24.5 Å². The second-order valence-electron chi connectivity index (χ2n) is 8.49. The van der Waals surface area contributed by atoms with Gasteiger partial charge in [-0.05, 0) is 28.6 Å². The molecule has 0 bridgehead atoms. The summed E-state index contributed by atoms with van der Waals surface area (Å²) in [6, 6.07) is 29.9. The van der Waals surface area contributed by atoms with Gasteiger partial charge in [0.25, 0.3) is 10.1 Å². The summed E-state index contributed by atoms with van der Waals surface area (Å²) in [7, 11) is -3.81. The highest BCUT2D eigenvalue weighted by atomic mass is 32.2. The summed E-state index contributed by atoms with van der Waals surface area (Å²) in [6.07, 6.45) is -0.583. The normalized spacial score (nSPS) is 18.0. The zero-order valence-corrected chi connectivity index (χ0v) is 20.7. The largest absolute Gasteiger partial charge is 0.373 e. The fourth-order valence-corrected chi connectivity index (χ4v) is 5.64. The average molecular weight is 508 g/mol. The van der Waals surface area contributed by atoms with Gasteiger partial charge in [-0.25, -0.2) is 0 Å². The fourth-order valence-electron chi connectivity index (χ4n) is 4.46. The third kappa shape index (κ3) is 6.13. The third-order valence-electron chi connectivity index (χ3n) is 6.14. The molecule has 0 spiro atoms. The quantitative estimate of drug-likeness (QED) is 0.0836. The van der Waals surface area contributed by atoms with Gasteiger partial charge < -0.3 is 9.47 Å². The van der Waals surface area contributed by atoms with Crippen LogP contribution >= 0.6 is 0 Å². The lowest BCUT2D eigenvalue weighted by Gasteiger charge is -2.37. The molecule has 3 aromatic carbocycles. The Balaban J connectivity index is 1.61. The van der Waals surface area contributed by atoms with Crippen molar-refractivity contribution >= 4 is 10.1 Å². The van der Waals surface area contributed by atoms with Crippen LogP contribution in [-0.2, 0) is 29.4 Å². The standard InChI is InChI=1S/C27H29N3O5S/c28-30-29-18-10-20-36(31,32)35-25-17-19-33-26(25)21-34-27(22-11-4-1-5-12-22,23-13-6-2-7-14-23)24-15-8-3-9-16-24/h1-9,11-16,25-26H,10,17-21H2. The van der Waals surface area contributed by atoms with Crippen LogP contribution in [0.4, 0.5) is 0 Å². The van der Waals surface area contributed by atoms with E-state index in [4.69, 9.17) is 19.2 Å². The van der Waals surface area contributed by atoms with Crippen molar-refractivity contribution in [3.05, 3.63) is 118 Å². The summed E-state index contributed by atoms with van der Waals surface area (Å²) in [6.45, 7) is 0.597. The Morgan fingerprint density at radius 2 is 1.44 bits per heavy atom. The molecule has 9 heteroatoms. The lowest BCUT2D eigenvalue weighted by Crippen LogP contribution is -2.39. The molecule has 3 aromatic rings. The molecule has 2 atom stereocenters. The Bertz CT molecular complexity index is 1150. The molecule has 2 unspecified atom stereocenters. The van der Waals surface area contributed by atoms with Crippen molar-refractivity contribution in [2.45, 2.75) is 30.7 Å². The second kappa shape index (κ2) is 12.2. The summed E-state index contributed by atoms with van der Waals surface area (Å²) in [5.41, 5.74) is 10.3. The Morgan fingerprint density at radius 1 is 0.917 bits per heavy atom. The molecule has 188 valence electrons. The predicted molar refractivity (Wildman–Crippen MR) is 137 cm³/mol. The van der Waals surface area contributed by atoms with Gasteiger partial charge >= 0.3 is 0 Å². The molecule has 4 rings (SSSR count). The first-order valence-electron chi connectivity index (χ1n) is 11.9. The molecule has 0 saturated carbocycles. The number of rotatable bonds is 12. The van der Waals surface area contributed by atoms with Crippen LogP contribution in [0.5, 0.6) is 0 Å². The van der Waals surface area contributed by atoms with E-state index in [9.17, 15) is 8.42 Å². The Hall–Kier alpha value is -3.20. The van der Waals surface area contributed by atoms with Gasteiger partial charge in [0.2, 0.25) is 0 Å². The second-order valence-corrected chi connectivity index (χ2v) is 10.2. The van der Waals surface area contributed by atoms with Crippen molar-refractivity contribution in [2.75, 3.05) is 25.5 Å². The molecule has 1 heterocycles. The lowest BCUT2D eigenvalue weighted by molar-refractivity contribution is -0.0649. The zero-order chi connectivity index (χ0) is 25.3. The smallest absolute Gasteiger partial charge is 0.267 e. The van der Waals surface area contributed by atoms with E-state index in [0.29, 0.717) is 13.0 Å². The Labute approximate surface area is 211 Å². The minimum Gasteiger partial charge on any atom is -0.373 e. The molecule has 0 amide bonds. The van der Waals surface area contributed by atoms with Crippen LogP contribution in [0.3, 0.4) is 0 Å². The lowest BCUT2D eigenvalue weighted by atomic mass is 9.80. The van der Waals surface area contributed by atoms with Gasteiger partial charge in [-0.2, -0.15) is 8.42 Å². The summed E-state index contributed by atoms with van der Waals surface area (Å²) in [5.74, 6) is -0.224. The van der Waals surface area contributed by atoms with Crippen LogP contribution in [0, 0.1) is 0 Å². The van der Waals surface area contributed by atoms with E-state index < -0.39 is 27.9 Å². The number of nitrogens with zero attached hydrogens (tertiary/aromatic N) is 3. The number of hydrogen-bond donors (Lipinski definition) is 0. The van der Waals surface area contributed by atoms with Crippen molar-refractivity contribution < 1.29 is 22.1 Å². The molecule has 1 fully saturated rings. The molecule has 1 aliphatic rings. The topological polar surface area (TPSA) is 111 Å². The maximum absolute atomic E-state index is 12.5. The van der Waals surface area contributed by atoms with Crippen LogP contribution < -0.4 is 0 Å². The summed E-state index contributed by atoms with van der Waals surface area (Å²) >= 11 is 0. The summed E-state index contributed by atoms with van der Waals surface area (Å²) in [4.78, 5) is 2.65. The van der Waals surface area contributed by atoms with Crippen molar-refractivity contribution in [3.63, 3.8) is 0 Å². The molecule has 0 aromatic heterocycles. The molecule has 1 aliphatic heterocycles. The molecule has 36 heavy (non-hydrogen) atoms. The first kappa shape index (κ1) is 25.9. The van der Waals surface area contributed by atoms with Gasteiger partial charge in [0.05, 0.1) is 12.4 Å². The van der Waals surface area contributed by atoms with E-state index in [1.54, 1.807) is 0 Å². The third-order valence-corrected chi connectivity index (χ3v) is 7.47. The Morgan fingerprint density at radius 3 is 1.94 bits per heavy atom. The van der Waals surface area contributed by atoms with Crippen molar-refractivity contribution in [3.8, 4) is 0 Å². The molecule has 0 N–H and O–H groups in total. The Kier molecular flexibility index (Phi) is 8.74. The molecule has 0 aliphatic carbocycles. The molecular weight excluding hydrogens is 478 g/mol. The first-order chi connectivity index (χ1) is 17.5. The first-order valence-corrected chi connectivity index (χ1v) is 13.5. The number of benzene rings is 3. The van der Waals surface area contributed by atoms with Crippen LogP contribution in [0.1, 0.15) is 29.5 Å². The van der Waals surface area contributed by atoms with Gasteiger partial charge in [0.15, 0.2) is 0 Å². The number of azide groups is 1. The van der Waals surface area contributed by atoms with Crippen LogP contribution in [0.2, 0.25) is 0 Å². The fraction of sp³-hybridized carbons (Fsp3) is 0.333. The van der Waals surface area contributed by atoms with Gasteiger partial charge in [0.1, 0.15) is 17.8 Å². The maximum Gasteiger partial charge on any atom is 0.267 e. The average Bonchev–Trinajstić information content (AvgIpc) is 3.35. The highest BCUT2D eigenvalue weighted by Gasteiger charge is 2.41. The number of ether oxygens (including phenoxy) is 2. The van der Waals surface area contributed by atoms with Gasteiger partial charge in [-0.15, -0.1) is 0 Å². The minimum atomic E-state index is -3.81. The molecular formula is C27H29N3O5S. The summed E-state index contributed by atoms with van der Waals surface area (Å²) < 4.78 is 43.2. The van der Waals surface area contributed by atoms with Crippen LogP contribution in [0.25, 0.3) is 10.4 Å². The highest BCUT2D eigenvalue weighted by Crippen LogP contribution is 2.41. The number of hydrogen-bond acceptors (Lipinski definition) is 6. The van der Waals surface area contributed by atoms with Crippen molar-refractivity contribution in [2.24, 2.45) is 5.11 Å². The van der Waals surface area contributed by atoms with Gasteiger partial charge in [-0.3, -0.25) is 4.18 Å². The SMILES string of the molecule is [N-]=[N+]=NCCCS(=O)(=O)OC1CCOC1COC(c1ccccc1)(c1ccccc1)c1ccccc1. The van der Waals surface area contributed by atoms with Crippen LogP contribution in [-0.4, -0.2) is 46.1 Å². The van der Waals surface area contributed by atoms with Crippen LogP contribution in [0.15, 0.2) is 96.1 Å². The van der Waals surface area contributed by atoms with E-state index in [1.165, 1.54) is 0 Å². The highest BCUT2D eigenvalue weighted by molar-refractivity contribution is 7.86. The predicted octanol–water partition coefficient (Wildman–Crippen LogP) is 5.20.